The van der Waals surface area contributed by atoms with Crippen molar-refractivity contribution >= 4 is 11.6 Å². The number of benzene rings is 1. The van der Waals surface area contributed by atoms with Crippen molar-refractivity contribution in [3.63, 3.8) is 0 Å². The lowest BCUT2D eigenvalue weighted by atomic mass is 10.3. The maximum Gasteiger partial charge on any atom is 0.348 e. The molecule has 1 aromatic carbocycles. The zero-order chi connectivity index (χ0) is 14.2. The quantitative estimate of drug-likeness (QED) is 0.944. The fourth-order valence-electron chi connectivity index (χ4n) is 1.44. The molecule has 0 fully saturated rings. The first-order valence-corrected chi connectivity index (χ1v) is 5.32. The van der Waals surface area contributed by atoms with Crippen molar-refractivity contribution in [1.29, 1.82) is 0 Å². The summed E-state index contributed by atoms with van der Waals surface area (Å²) in [5.74, 6) is -1.65. The number of nitrogens with zero attached hydrogens (tertiary/aromatic N) is 2. The van der Waals surface area contributed by atoms with Gasteiger partial charge in [0.1, 0.15) is 11.4 Å². The monoisotopic (exact) mass is 293 g/mol. The van der Waals surface area contributed by atoms with Crippen LogP contribution in [0.15, 0.2) is 16.9 Å². The van der Waals surface area contributed by atoms with Crippen molar-refractivity contribution < 1.29 is 17.9 Å². The Hall–Kier alpha value is -1.96. The Morgan fingerprint density at radius 3 is 2.68 bits per heavy atom. The second-order valence-electron chi connectivity index (χ2n) is 3.47. The SMILES string of the molecule is COc1cc(-n2nc(C(F)F)[nH]c2=O)c(F)cc1Cl. The van der Waals surface area contributed by atoms with E-state index in [0.717, 1.165) is 12.1 Å². The number of hydrogen-bond donors (Lipinski definition) is 1. The number of hydrogen-bond acceptors (Lipinski definition) is 3. The molecule has 0 aliphatic rings. The Morgan fingerprint density at radius 2 is 2.16 bits per heavy atom. The van der Waals surface area contributed by atoms with Crippen LogP contribution in [0.3, 0.4) is 0 Å². The summed E-state index contributed by atoms with van der Waals surface area (Å²) in [5.41, 5.74) is -1.33. The Bertz CT molecular complexity index is 669. The summed E-state index contributed by atoms with van der Waals surface area (Å²) in [7, 11) is 1.29. The van der Waals surface area contributed by atoms with Crippen LogP contribution in [-0.2, 0) is 0 Å². The number of H-pyrrole nitrogens is 1. The minimum Gasteiger partial charge on any atom is -0.495 e. The molecule has 0 atom stereocenters. The Morgan fingerprint density at radius 1 is 1.47 bits per heavy atom. The summed E-state index contributed by atoms with van der Waals surface area (Å²) in [6.45, 7) is 0. The number of halogens is 4. The molecule has 0 unspecified atom stereocenters. The molecule has 0 amide bonds. The summed E-state index contributed by atoms with van der Waals surface area (Å²) in [6, 6.07) is 1.99. The molecule has 0 spiro atoms. The van der Waals surface area contributed by atoms with Gasteiger partial charge in [0.25, 0.3) is 6.43 Å². The molecular weight excluding hydrogens is 287 g/mol. The molecule has 0 saturated heterocycles. The van der Waals surface area contributed by atoms with E-state index in [1.54, 1.807) is 0 Å². The highest BCUT2D eigenvalue weighted by atomic mass is 35.5. The predicted octanol–water partition coefficient (Wildman–Crippen LogP) is 2.30. The molecule has 2 rings (SSSR count). The maximum absolute atomic E-state index is 13.7. The first-order valence-electron chi connectivity index (χ1n) is 4.95. The molecule has 19 heavy (non-hydrogen) atoms. The van der Waals surface area contributed by atoms with Crippen molar-refractivity contribution in [3.05, 3.63) is 39.3 Å². The van der Waals surface area contributed by atoms with E-state index in [1.807, 2.05) is 4.98 Å². The van der Waals surface area contributed by atoms with Crippen LogP contribution in [-0.4, -0.2) is 21.9 Å². The van der Waals surface area contributed by atoms with Crippen molar-refractivity contribution in [3.8, 4) is 11.4 Å². The molecule has 9 heteroatoms. The molecule has 0 radical (unpaired) electrons. The Balaban J connectivity index is 2.62. The number of methoxy groups -OCH3 is 1. The molecule has 2 aromatic rings. The van der Waals surface area contributed by atoms with Crippen LogP contribution in [0.25, 0.3) is 5.69 Å². The van der Waals surface area contributed by atoms with Crippen molar-refractivity contribution in [2.75, 3.05) is 7.11 Å². The molecule has 1 heterocycles. The van der Waals surface area contributed by atoms with Gasteiger partial charge < -0.3 is 4.74 Å². The third-order valence-corrected chi connectivity index (χ3v) is 2.59. The van der Waals surface area contributed by atoms with E-state index in [9.17, 15) is 18.0 Å². The Kier molecular flexibility index (Phi) is 3.52. The van der Waals surface area contributed by atoms with E-state index in [-0.39, 0.29) is 16.5 Å². The molecule has 1 aromatic heterocycles. The van der Waals surface area contributed by atoms with Gasteiger partial charge in [0.2, 0.25) is 0 Å². The summed E-state index contributed by atoms with van der Waals surface area (Å²) in [6.07, 6.45) is -2.97. The van der Waals surface area contributed by atoms with E-state index in [0.29, 0.717) is 4.68 Å². The Labute approximate surface area is 109 Å². The highest BCUT2D eigenvalue weighted by Crippen LogP contribution is 2.28. The van der Waals surface area contributed by atoms with Crippen LogP contribution >= 0.6 is 11.6 Å². The van der Waals surface area contributed by atoms with Gasteiger partial charge in [-0.15, -0.1) is 5.10 Å². The van der Waals surface area contributed by atoms with Crippen LogP contribution in [0, 0.1) is 5.82 Å². The highest BCUT2D eigenvalue weighted by Gasteiger charge is 2.18. The lowest BCUT2D eigenvalue weighted by molar-refractivity contribution is 0.140. The fraction of sp³-hybridized carbons (Fsp3) is 0.200. The summed E-state index contributed by atoms with van der Waals surface area (Å²) < 4.78 is 43.8. The second-order valence-corrected chi connectivity index (χ2v) is 3.87. The number of ether oxygens (including phenoxy) is 1. The zero-order valence-corrected chi connectivity index (χ0v) is 10.2. The maximum atomic E-state index is 13.7. The number of aromatic amines is 1. The lowest BCUT2D eigenvalue weighted by Gasteiger charge is -2.07. The first-order chi connectivity index (χ1) is 8.93. The van der Waals surface area contributed by atoms with Gasteiger partial charge in [-0.25, -0.2) is 18.0 Å². The van der Waals surface area contributed by atoms with Gasteiger partial charge in [-0.2, -0.15) is 4.68 Å². The van der Waals surface area contributed by atoms with Crippen molar-refractivity contribution in [1.82, 2.24) is 14.8 Å². The van der Waals surface area contributed by atoms with E-state index < -0.39 is 23.8 Å². The second kappa shape index (κ2) is 4.96. The summed E-state index contributed by atoms with van der Waals surface area (Å²) >= 11 is 5.68. The molecule has 1 N–H and O–H groups in total. The largest absolute Gasteiger partial charge is 0.495 e. The minimum atomic E-state index is -2.97. The van der Waals surface area contributed by atoms with Gasteiger partial charge in [0.05, 0.1) is 12.1 Å². The molecular formula is C10H7ClF3N3O2. The van der Waals surface area contributed by atoms with Gasteiger partial charge in [0, 0.05) is 6.07 Å². The van der Waals surface area contributed by atoms with Crippen LogP contribution in [0.1, 0.15) is 12.2 Å². The number of rotatable bonds is 3. The number of aromatic nitrogens is 3. The summed E-state index contributed by atoms with van der Waals surface area (Å²) in [5, 5.41) is 3.29. The van der Waals surface area contributed by atoms with E-state index in [4.69, 9.17) is 16.3 Å². The smallest absolute Gasteiger partial charge is 0.348 e. The summed E-state index contributed by atoms with van der Waals surface area (Å²) in [4.78, 5) is 13.3. The van der Waals surface area contributed by atoms with Crippen LogP contribution < -0.4 is 10.4 Å². The topological polar surface area (TPSA) is 59.9 Å². The zero-order valence-electron chi connectivity index (χ0n) is 9.45. The van der Waals surface area contributed by atoms with Gasteiger partial charge in [-0.1, -0.05) is 11.6 Å². The van der Waals surface area contributed by atoms with Gasteiger partial charge in [-0.05, 0) is 6.07 Å². The van der Waals surface area contributed by atoms with Gasteiger partial charge >= 0.3 is 5.69 Å². The van der Waals surface area contributed by atoms with E-state index in [2.05, 4.69) is 5.10 Å². The van der Waals surface area contributed by atoms with E-state index in [1.165, 1.54) is 7.11 Å². The fourth-order valence-corrected chi connectivity index (χ4v) is 1.67. The average Bonchev–Trinajstić information content (AvgIpc) is 2.72. The van der Waals surface area contributed by atoms with Gasteiger partial charge in [0.15, 0.2) is 11.6 Å². The molecule has 102 valence electrons. The van der Waals surface area contributed by atoms with Crippen molar-refractivity contribution in [2.45, 2.75) is 6.43 Å². The predicted molar refractivity (Wildman–Crippen MR) is 60.7 cm³/mol. The normalized spacial score (nSPS) is 11.1. The van der Waals surface area contributed by atoms with Crippen LogP contribution in [0.2, 0.25) is 5.02 Å². The first kappa shape index (κ1) is 13.5. The number of alkyl halides is 2. The third-order valence-electron chi connectivity index (χ3n) is 2.29. The molecule has 0 saturated carbocycles. The standard InChI is InChI=1S/C10H7ClF3N3O2/c1-19-7-3-6(5(12)2-4(7)11)17-10(18)15-9(16-17)8(13)14/h2-3,8H,1H3,(H,15,16,18). The van der Waals surface area contributed by atoms with Crippen LogP contribution in [0.5, 0.6) is 5.75 Å². The lowest BCUT2D eigenvalue weighted by Crippen LogP contribution is -2.17. The van der Waals surface area contributed by atoms with Crippen LogP contribution in [0.4, 0.5) is 13.2 Å². The minimum absolute atomic E-state index is 0.0126. The average molecular weight is 294 g/mol. The molecule has 5 nitrogen and oxygen atoms in total. The van der Waals surface area contributed by atoms with Gasteiger partial charge in [-0.3, -0.25) is 4.98 Å². The number of nitrogens with one attached hydrogen (secondary N) is 1. The molecule has 0 aliphatic carbocycles. The highest BCUT2D eigenvalue weighted by molar-refractivity contribution is 6.32. The molecule has 0 bridgehead atoms. The molecule has 0 aliphatic heterocycles. The van der Waals surface area contributed by atoms with E-state index >= 15 is 0 Å². The third kappa shape index (κ3) is 2.43. The van der Waals surface area contributed by atoms with Crippen molar-refractivity contribution in [2.24, 2.45) is 0 Å².